The molecule has 0 aliphatic rings. The van der Waals surface area contributed by atoms with Gasteiger partial charge in [0.15, 0.2) is 0 Å². The fourth-order valence-electron chi connectivity index (χ4n) is 2.27. The molecule has 1 unspecified atom stereocenters. The Morgan fingerprint density at radius 3 is 2.29 bits per heavy atom. The van der Waals surface area contributed by atoms with Crippen molar-refractivity contribution in [1.29, 1.82) is 0 Å². The van der Waals surface area contributed by atoms with Crippen molar-refractivity contribution in [3.63, 3.8) is 0 Å². The van der Waals surface area contributed by atoms with Crippen molar-refractivity contribution in [1.82, 2.24) is 5.32 Å². The Hall–Kier alpha value is -1.58. The van der Waals surface area contributed by atoms with Gasteiger partial charge in [0.2, 0.25) is 0 Å². The Balaban J connectivity index is 2.03. The van der Waals surface area contributed by atoms with Crippen molar-refractivity contribution in [2.45, 2.75) is 18.9 Å². The molecule has 0 saturated carbocycles. The third-order valence-corrected chi connectivity index (χ3v) is 3.81. The van der Waals surface area contributed by atoms with Crippen LogP contribution in [0.25, 0.3) is 0 Å². The fraction of sp³-hybridized carbons (Fsp3) is 0.294. The van der Waals surface area contributed by atoms with E-state index in [1.807, 2.05) is 19.2 Å². The summed E-state index contributed by atoms with van der Waals surface area (Å²) in [6.07, 6.45) is 1.68. The fourth-order valence-corrected chi connectivity index (χ4v) is 2.48. The van der Waals surface area contributed by atoms with Crippen molar-refractivity contribution in [2.24, 2.45) is 0 Å². The van der Waals surface area contributed by atoms with Gasteiger partial charge in [0.25, 0.3) is 0 Å². The molecule has 1 atom stereocenters. The minimum Gasteiger partial charge on any atom is -0.497 e. The molecule has 21 heavy (non-hydrogen) atoms. The highest BCUT2D eigenvalue weighted by Crippen LogP contribution is 2.18. The molecule has 0 fully saturated rings. The van der Waals surface area contributed by atoms with E-state index in [0.717, 1.165) is 24.2 Å². The van der Waals surface area contributed by atoms with Crippen LogP contribution in [0.5, 0.6) is 5.75 Å². The monoisotopic (exact) mass is 307 g/mol. The smallest absolute Gasteiger partial charge is 0.141 e. The van der Waals surface area contributed by atoms with Crippen molar-refractivity contribution in [3.05, 3.63) is 64.4 Å². The quantitative estimate of drug-likeness (QED) is 0.875. The van der Waals surface area contributed by atoms with E-state index in [0.29, 0.717) is 0 Å². The van der Waals surface area contributed by atoms with Gasteiger partial charge in [0.1, 0.15) is 11.6 Å². The second-order valence-electron chi connectivity index (χ2n) is 4.99. The summed E-state index contributed by atoms with van der Waals surface area (Å²) < 4.78 is 18.3. The van der Waals surface area contributed by atoms with E-state index in [1.54, 1.807) is 19.2 Å². The lowest BCUT2D eigenvalue weighted by atomic mass is 9.99. The molecule has 0 aromatic heterocycles. The molecule has 1 N–H and O–H groups in total. The predicted molar refractivity (Wildman–Crippen MR) is 84.7 cm³/mol. The number of halogens is 2. The SMILES string of the molecule is CNC(Cc1ccc(OC)cc1)Cc1ccc(F)c(Cl)c1. The van der Waals surface area contributed by atoms with Gasteiger partial charge in [0, 0.05) is 6.04 Å². The van der Waals surface area contributed by atoms with Crippen molar-refractivity contribution >= 4 is 11.6 Å². The first-order valence-electron chi connectivity index (χ1n) is 6.86. The first-order valence-corrected chi connectivity index (χ1v) is 7.24. The molecule has 0 radical (unpaired) electrons. The van der Waals surface area contributed by atoms with Crippen LogP contribution in [0.4, 0.5) is 4.39 Å². The van der Waals surface area contributed by atoms with Gasteiger partial charge in [-0.05, 0) is 55.3 Å². The number of hydrogen-bond acceptors (Lipinski definition) is 2. The van der Waals surface area contributed by atoms with Crippen LogP contribution in [0.15, 0.2) is 42.5 Å². The molecule has 2 rings (SSSR count). The Bertz CT molecular complexity index is 586. The molecule has 112 valence electrons. The molecule has 0 aliphatic carbocycles. The summed E-state index contributed by atoms with van der Waals surface area (Å²) in [5, 5.41) is 3.47. The van der Waals surface area contributed by atoms with Gasteiger partial charge in [-0.3, -0.25) is 0 Å². The normalized spacial score (nSPS) is 12.2. The van der Waals surface area contributed by atoms with Gasteiger partial charge < -0.3 is 10.1 Å². The van der Waals surface area contributed by atoms with E-state index in [-0.39, 0.29) is 16.9 Å². The molecule has 2 aromatic rings. The molecular formula is C17H19ClFNO. The maximum atomic E-state index is 13.2. The largest absolute Gasteiger partial charge is 0.497 e. The summed E-state index contributed by atoms with van der Waals surface area (Å²) in [5.74, 6) is 0.474. The molecule has 0 heterocycles. The van der Waals surface area contributed by atoms with Crippen LogP contribution in [-0.2, 0) is 12.8 Å². The van der Waals surface area contributed by atoms with Gasteiger partial charge in [-0.25, -0.2) is 4.39 Å². The molecular weight excluding hydrogens is 289 g/mol. The topological polar surface area (TPSA) is 21.3 Å². The number of benzene rings is 2. The average Bonchev–Trinajstić information content (AvgIpc) is 2.51. The van der Waals surface area contributed by atoms with Gasteiger partial charge in [-0.1, -0.05) is 29.8 Å². The van der Waals surface area contributed by atoms with E-state index >= 15 is 0 Å². The van der Waals surface area contributed by atoms with E-state index in [9.17, 15) is 4.39 Å². The lowest BCUT2D eigenvalue weighted by molar-refractivity contribution is 0.414. The van der Waals surface area contributed by atoms with Gasteiger partial charge >= 0.3 is 0 Å². The highest BCUT2D eigenvalue weighted by molar-refractivity contribution is 6.30. The number of nitrogens with one attached hydrogen (secondary N) is 1. The zero-order valence-electron chi connectivity index (χ0n) is 12.2. The summed E-state index contributed by atoms with van der Waals surface area (Å²) in [4.78, 5) is 0. The first-order chi connectivity index (χ1) is 10.1. The van der Waals surface area contributed by atoms with Crippen LogP contribution in [0.3, 0.4) is 0 Å². The van der Waals surface area contributed by atoms with E-state index in [4.69, 9.17) is 16.3 Å². The summed E-state index contributed by atoms with van der Waals surface area (Å²) in [7, 11) is 3.59. The van der Waals surface area contributed by atoms with Gasteiger partial charge in [0.05, 0.1) is 12.1 Å². The Morgan fingerprint density at radius 2 is 1.71 bits per heavy atom. The number of likely N-dealkylation sites (N-methyl/N-ethyl adjacent to an activating group) is 1. The average molecular weight is 308 g/mol. The number of ether oxygens (including phenoxy) is 1. The van der Waals surface area contributed by atoms with Crippen LogP contribution in [0.1, 0.15) is 11.1 Å². The molecule has 2 nitrogen and oxygen atoms in total. The van der Waals surface area contributed by atoms with Crippen LogP contribution >= 0.6 is 11.6 Å². The van der Waals surface area contributed by atoms with E-state index < -0.39 is 0 Å². The Kier molecular flexibility index (Phi) is 5.59. The minimum absolute atomic E-state index is 0.173. The highest BCUT2D eigenvalue weighted by atomic mass is 35.5. The van der Waals surface area contributed by atoms with Crippen LogP contribution in [0.2, 0.25) is 5.02 Å². The summed E-state index contributed by atoms with van der Waals surface area (Å²) in [5.41, 5.74) is 2.25. The summed E-state index contributed by atoms with van der Waals surface area (Å²) >= 11 is 5.82. The lowest BCUT2D eigenvalue weighted by Gasteiger charge is -2.17. The third-order valence-electron chi connectivity index (χ3n) is 3.52. The Morgan fingerprint density at radius 1 is 1.10 bits per heavy atom. The lowest BCUT2D eigenvalue weighted by Crippen LogP contribution is -2.29. The Labute approximate surface area is 129 Å². The summed E-state index contributed by atoms with van der Waals surface area (Å²) in [6.45, 7) is 0. The second-order valence-corrected chi connectivity index (χ2v) is 5.40. The third kappa shape index (κ3) is 4.45. The predicted octanol–water partition coefficient (Wildman–Crippen LogP) is 3.86. The molecule has 2 aromatic carbocycles. The molecule has 4 heteroatoms. The van der Waals surface area contributed by atoms with Crippen LogP contribution in [0, 0.1) is 5.82 Å². The molecule has 0 spiro atoms. The zero-order valence-corrected chi connectivity index (χ0v) is 13.0. The standard InChI is InChI=1S/C17H19ClFNO/c1-20-14(9-12-3-6-15(21-2)7-4-12)10-13-5-8-17(19)16(18)11-13/h3-8,11,14,20H,9-10H2,1-2H3. The zero-order chi connectivity index (χ0) is 15.2. The number of hydrogen-bond donors (Lipinski definition) is 1. The maximum Gasteiger partial charge on any atom is 0.141 e. The van der Waals surface area contributed by atoms with Crippen LogP contribution in [-0.4, -0.2) is 20.2 Å². The first kappa shape index (κ1) is 15.8. The van der Waals surface area contributed by atoms with Crippen molar-refractivity contribution < 1.29 is 9.13 Å². The molecule has 0 aliphatic heterocycles. The molecule has 0 bridgehead atoms. The van der Waals surface area contributed by atoms with Crippen molar-refractivity contribution in [3.8, 4) is 5.75 Å². The van der Waals surface area contributed by atoms with E-state index in [2.05, 4.69) is 17.4 Å². The number of rotatable bonds is 6. The van der Waals surface area contributed by atoms with Crippen molar-refractivity contribution in [2.75, 3.05) is 14.2 Å². The molecule has 0 saturated heterocycles. The highest BCUT2D eigenvalue weighted by Gasteiger charge is 2.10. The maximum absolute atomic E-state index is 13.2. The molecule has 0 amide bonds. The minimum atomic E-state index is -0.378. The van der Waals surface area contributed by atoms with Gasteiger partial charge in [-0.2, -0.15) is 0 Å². The second kappa shape index (κ2) is 7.43. The summed E-state index contributed by atoms with van der Waals surface area (Å²) in [6, 6.07) is 13.2. The van der Waals surface area contributed by atoms with Gasteiger partial charge in [-0.15, -0.1) is 0 Å². The van der Waals surface area contributed by atoms with Crippen LogP contribution < -0.4 is 10.1 Å². The van der Waals surface area contributed by atoms with E-state index in [1.165, 1.54) is 11.6 Å². The number of methoxy groups -OCH3 is 1.